The maximum absolute atomic E-state index is 11.1. The van der Waals surface area contributed by atoms with E-state index in [4.69, 9.17) is 0 Å². The third kappa shape index (κ3) is 3.61. The average Bonchev–Trinajstić information content (AvgIpc) is 2.66. The van der Waals surface area contributed by atoms with Crippen molar-refractivity contribution in [3.63, 3.8) is 0 Å². The van der Waals surface area contributed by atoms with Crippen LogP contribution in [-0.4, -0.2) is 15.4 Å². The van der Waals surface area contributed by atoms with Gasteiger partial charge in [0.15, 0.2) is 0 Å². The Kier molecular flexibility index (Phi) is 5.15. The summed E-state index contributed by atoms with van der Waals surface area (Å²) >= 11 is 0. The van der Waals surface area contributed by atoms with Crippen LogP contribution in [-0.2, 0) is 0 Å². The Bertz CT molecular complexity index is 1210. The molecule has 0 saturated heterocycles. The van der Waals surface area contributed by atoms with Crippen molar-refractivity contribution >= 4 is 34.8 Å². The highest BCUT2D eigenvalue weighted by molar-refractivity contribution is 7.68. The highest BCUT2D eigenvalue weighted by Crippen LogP contribution is 2.60. The van der Waals surface area contributed by atoms with Crippen LogP contribution in [0.2, 0.25) is 0 Å². The van der Waals surface area contributed by atoms with Gasteiger partial charge in [-0.25, -0.2) is 0 Å². The molecule has 0 aromatic heterocycles. The summed E-state index contributed by atoms with van der Waals surface area (Å²) in [6.07, 6.45) is 0. The molecule has 30 heavy (non-hydrogen) atoms. The lowest BCUT2D eigenvalue weighted by atomic mass is 9.93. The van der Waals surface area contributed by atoms with Gasteiger partial charge >= 0.3 is 0 Å². The topological polar surface area (TPSA) is 20.2 Å². The third-order valence-electron chi connectivity index (χ3n) is 5.65. The van der Waals surface area contributed by atoms with Crippen LogP contribution in [0.5, 0.6) is 5.75 Å². The van der Waals surface area contributed by atoms with Crippen molar-refractivity contribution in [2.24, 2.45) is 0 Å². The second kappa shape index (κ2) is 7.40. The summed E-state index contributed by atoms with van der Waals surface area (Å²) in [5.41, 5.74) is 2.15. The van der Waals surface area contributed by atoms with E-state index in [0.29, 0.717) is 5.75 Å². The number of aromatic hydroxyl groups is 1. The first-order valence-corrected chi connectivity index (χ1v) is 12.0. The molecule has 0 unspecified atom stereocenters. The van der Waals surface area contributed by atoms with Crippen molar-refractivity contribution in [3.8, 4) is 16.9 Å². The smallest absolute Gasteiger partial charge is 0.124 e. The number of rotatable bonds is 2. The predicted octanol–water partition coefficient (Wildman–Crippen LogP) is 8.07. The fourth-order valence-corrected chi connectivity index (χ4v) is 9.10. The van der Waals surface area contributed by atoms with Crippen LogP contribution in [0.4, 0.5) is 0 Å². The molecule has 0 aliphatic rings. The SMILES string of the molecule is CC(C)(C)P(c1ccc2ccccc2c1-c1c(O)ccc2ccccc12)C(C)(C)C. The third-order valence-corrected chi connectivity index (χ3v) is 9.18. The van der Waals surface area contributed by atoms with Crippen LogP contribution in [0.1, 0.15) is 41.5 Å². The van der Waals surface area contributed by atoms with Gasteiger partial charge in [0.2, 0.25) is 0 Å². The summed E-state index contributed by atoms with van der Waals surface area (Å²) in [6, 6.07) is 25.4. The molecule has 4 rings (SSSR count). The Hall–Kier alpha value is -2.37. The maximum Gasteiger partial charge on any atom is 0.124 e. The van der Waals surface area contributed by atoms with Gasteiger partial charge in [-0.2, -0.15) is 0 Å². The zero-order valence-electron chi connectivity index (χ0n) is 18.8. The number of hydrogen-bond donors (Lipinski definition) is 1. The van der Waals surface area contributed by atoms with E-state index in [2.05, 4.69) is 102 Å². The Balaban J connectivity index is 2.20. The Morgan fingerprint density at radius 1 is 0.567 bits per heavy atom. The first-order valence-electron chi connectivity index (χ1n) is 10.6. The van der Waals surface area contributed by atoms with Crippen molar-refractivity contribution in [1.29, 1.82) is 0 Å². The van der Waals surface area contributed by atoms with Crippen molar-refractivity contribution in [2.45, 2.75) is 51.9 Å². The zero-order chi connectivity index (χ0) is 21.7. The molecule has 0 aliphatic carbocycles. The number of phenols is 1. The highest BCUT2D eigenvalue weighted by atomic mass is 31.1. The molecule has 1 N–H and O–H groups in total. The van der Waals surface area contributed by atoms with Gasteiger partial charge in [0.1, 0.15) is 5.75 Å². The summed E-state index contributed by atoms with van der Waals surface area (Å²) in [4.78, 5) is 0. The minimum Gasteiger partial charge on any atom is -0.507 e. The van der Waals surface area contributed by atoms with Gasteiger partial charge in [-0.05, 0) is 43.2 Å². The lowest BCUT2D eigenvalue weighted by Gasteiger charge is -2.43. The highest BCUT2D eigenvalue weighted by Gasteiger charge is 2.37. The van der Waals surface area contributed by atoms with Gasteiger partial charge < -0.3 is 5.11 Å². The van der Waals surface area contributed by atoms with Gasteiger partial charge in [-0.1, -0.05) is 116 Å². The molecule has 0 amide bonds. The van der Waals surface area contributed by atoms with E-state index in [-0.39, 0.29) is 10.3 Å². The Morgan fingerprint density at radius 2 is 1.03 bits per heavy atom. The molecule has 1 nitrogen and oxygen atoms in total. The molecule has 0 bridgehead atoms. The molecular weight excluding hydrogens is 383 g/mol. The second-order valence-electron chi connectivity index (χ2n) is 10.0. The summed E-state index contributed by atoms with van der Waals surface area (Å²) in [6.45, 7) is 14.1. The summed E-state index contributed by atoms with van der Waals surface area (Å²) in [5.74, 6) is 0.351. The largest absolute Gasteiger partial charge is 0.507 e. The molecule has 0 aliphatic heterocycles. The number of hydrogen-bond acceptors (Lipinski definition) is 1. The normalized spacial score (nSPS) is 12.8. The molecule has 0 heterocycles. The first-order chi connectivity index (χ1) is 14.1. The molecule has 0 fully saturated rings. The van der Waals surface area contributed by atoms with Crippen LogP contribution in [0.25, 0.3) is 32.7 Å². The van der Waals surface area contributed by atoms with E-state index in [1.165, 1.54) is 21.6 Å². The molecule has 0 radical (unpaired) electrons. The fourth-order valence-electron chi connectivity index (χ4n) is 4.96. The standard InChI is InChI=1S/C28H31OP/c1-27(2,3)30(28(4,5)6)24-18-16-20-12-8-10-14-22(20)26(24)25-21-13-9-7-11-19(21)15-17-23(25)29/h7-18,29H,1-6H3. The van der Waals surface area contributed by atoms with Gasteiger partial charge in [-0.15, -0.1) is 0 Å². The van der Waals surface area contributed by atoms with Crippen LogP contribution in [0.15, 0.2) is 72.8 Å². The lowest BCUT2D eigenvalue weighted by Crippen LogP contribution is -2.32. The molecule has 4 aromatic carbocycles. The first kappa shape index (κ1) is 20.9. The van der Waals surface area contributed by atoms with Crippen LogP contribution >= 0.6 is 7.92 Å². The summed E-state index contributed by atoms with van der Waals surface area (Å²) < 4.78 is 0. The van der Waals surface area contributed by atoms with E-state index >= 15 is 0 Å². The second-order valence-corrected chi connectivity index (χ2v) is 13.9. The van der Waals surface area contributed by atoms with Crippen molar-refractivity contribution in [2.75, 3.05) is 0 Å². The van der Waals surface area contributed by atoms with Crippen LogP contribution < -0.4 is 5.30 Å². The van der Waals surface area contributed by atoms with Gasteiger partial charge in [-0.3, -0.25) is 0 Å². The van der Waals surface area contributed by atoms with Gasteiger partial charge in [0.05, 0.1) is 0 Å². The number of benzene rings is 4. The molecule has 4 aromatic rings. The van der Waals surface area contributed by atoms with E-state index in [9.17, 15) is 5.11 Å². The zero-order valence-corrected chi connectivity index (χ0v) is 19.7. The number of phenolic OH excluding ortho intramolecular Hbond substituents is 1. The van der Waals surface area contributed by atoms with Crippen molar-refractivity contribution in [1.82, 2.24) is 0 Å². The van der Waals surface area contributed by atoms with Crippen LogP contribution in [0, 0.1) is 0 Å². The summed E-state index contributed by atoms with van der Waals surface area (Å²) in [7, 11) is -0.534. The average molecular weight is 415 g/mol. The van der Waals surface area contributed by atoms with Gasteiger partial charge in [0.25, 0.3) is 0 Å². The Labute approximate surface area is 181 Å². The van der Waals surface area contributed by atoms with E-state index in [1.54, 1.807) is 0 Å². The summed E-state index contributed by atoms with van der Waals surface area (Å²) in [5, 5.41) is 17.4. The van der Waals surface area contributed by atoms with Crippen molar-refractivity contribution in [3.05, 3.63) is 72.8 Å². The predicted molar refractivity (Wildman–Crippen MR) is 135 cm³/mol. The monoisotopic (exact) mass is 414 g/mol. The minimum atomic E-state index is -0.534. The maximum atomic E-state index is 11.1. The van der Waals surface area contributed by atoms with E-state index < -0.39 is 7.92 Å². The van der Waals surface area contributed by atoms with E-state index in [0.717, 1.165) is 16.3 Å². The van der Waals surface area contributed by atoms with Gasteiger partial charge in [0, 0.05) is 11.1 Å². The fraction of sp³-hybridized carbons (Fsp3) is 0.286. The molecular formula is C28H31OP. The molecule has 154 valence electrons. The molecule has 0 spiro atoms. The molecule has 0 atom stereocenters. The molecule has 0 saturated carbocycles. The quantitative estimate of drug-likeness (QED) is 0.329. The Morgan fingerprint density at radius 3 is 1.57 bits per heavy atom. The van der Waals surface area contributed by atoms with Crippen LogP contribution in [0.3, 0.4) is 0 Å². The minimum absolute atomic E-state index is 0.130. The van der Waals surface area contributed by atoms with E-state index in [1.807, 2.05) is 12.1 Å². The number of fused-ring (bicyclic) bond motifs is 2. The van der Waals surface area contributed by atoms with Crippen molar-refractivity contribution < 1.29 is 5.11 Å². The molecule has 2 heteroatoms. The lowest BCUT2D eigenvalue weighted by molar-refractivity contribution is 0.478.